The molecule has 37 heavy (non-hydrogen) atoms. The van der Waals surface area contributed by atoms with Gasteiger partial charge in [0.25, 0.3) is 0 Å². The van der Waals surface area contributed by atoms with Crippen molar-refractivity contribution in [3.05, 3.63) is 69.9 Å². The molecule has 5 nitrogen and oxygen atoms in total. The quantitative estimate of drug-likeness (QED) is 0.403. The molecule has 1 saturated carbocycles. The largest absolute Gasteiger partial charge is 0.381 e. The number of hydrogen-bond donors (Lipinski definition) is 0. The maximum atomic E-state index is 5.76. The number of methoxy groups -OCH3 is 1. The van der Waals surface area contributed by atoms with E-state index < -0.39 is 0 Å². The summed E-state index contributed by atoms with van der Waals surface area (Å²) in [7, 11) is 1.86. The van der Waals surface area contributed by atoms with Crippen LogP contribution >= 0.6 is 0 Å². The fraction of sp³-hybridized carbons (Fsp3) is 0.500. The number of fused-ring (bicyclic) bond motifs is 3. The minimum atomic E-state index is 0.369. The Hall–Kier alpha value is -2.92. The summed E-state index contributed by atoms with van der Waals surface area (Å²) in [5, 5.41) is 0. The summed E-state index contributed by atoms with van der Waals surface area (Å²) in [6.07, 6.45) is 4.73. The number of hydrogen-bond acceptors (Lipinski definition) is 5. The zero-order valence-corrected chi connectivity index (χ0v) is 23.2. The molecule has 3 aliphatic heterocycles. The van der Waals surface area contributed by atoms with Crippen LogP contribution < -0.4 is 9.80 Å². The van der Waals surface area contributed by atoms with Gasteiger partial charge >= 0.3 is 0 Å². The molecule has 5 heteroatoms. The van der Waals surface area contributed by atoms with Crippen molar-refractivity contribution in [2.45, 2.75) is 91.0 Å². The second kappa shape index (κ2) is 9.43. The molecule has 4 aliphatic rings. The van der Waals surface area contributed by atoms with Crippen molar-refractivity contribution in [2.24, 2.45) is 0 Å². The van der Waals surface area contributed by atoms with E-state index in [4.69, 9.17) is 14.7 Å². The van der Waals surface area contributed by atoms with E-state index in [1.54, 1.807) is 0 Å². The normalized spacial score (nSPS) is 22.7. The lowest BCUT2D eigenvalue weighted by Crippen LogP contribution is -2.63. The van der Waals surface area contributed by atoms with Gasteiger partial charge in [-0.15, -0.1) is 0 Å². The van der Waals surface area contributed by atoms with E-state index in [0.29, 0.717) is 24.1 Å². The second-order valence-corrected chi connectivity index (χ2v) is 11.7. The third-order valence-electron chi connectivity index (χ3n) is 8.96. The number of anilines is 2. The summed E-state index contributed by atoms with van der Waals surface area (Å²) < 4.78 is 5.76. The topological polar surface area (TPSA) is 41.5 Å². The third-order valence-corrected chi connectivity index (χ3v) is 8.96. The Bertz CT molecular complexity index is 1300. The molecule has 0 spiro atoms. The molecule has 1 aromatic heterocycles. The van der Waals surface area contributed by atoms with Gasteiger partial charge in [-0.05, 0) is 74.3 Å². The lowest BCUT2D eigenvalue weighted by atomic mass is 9.77. The Balaban J connectivity index is 1.44. The van der Waals surface area contributed by atoms with Gasteiger partial charge in [0, 0.05) is 55.5 Å². The molecule has 194 valence electrons. The summed E-state index contributed by atoms with van der Waals surface area (Å²) in [6, 6.07) is 14.5. The maximum absolute atomic E-state index is 5.76. The molecule has 0 N–H and O–H groups in total. The van der Waals surface area contributed by atoms with Gasteiger partial charge in [0.1, 0.15) is 5.82 Å². The van der Waals surface area contributed by atoms with Gasteiger partial charge in [0.15, 0.2) is 5.82 Å². The smallest absolute Gasteiger partial charge is 0.162 e. The highest BCUT2D eigenvalue weighted by Gasteiger charge is 2.47. The summed E-state index contributed by atoms with van der Waals surface area (Å²) >= 11 is 0. The highest BCUT2D eigenvalue weighted by molar-refractivity contribution is 5.69. The first kappa shape index (κ1) is 24.4. The third kappa shape index (κ3) is 4.21. The number of rotatable bonds is 5. The molecule has 2 saturated heterocycles. The number of aryl methyl sites for hydroxylation is 3. The predicted molar refractivity (Wildman–Crippen MR) is 152 cm³/mol. The van der Waals surface area contributed by atoms with E-state index >= 15 is 0 Å². The van der Waals surface area contributed by atoms with Gasteiger partial charge in [-0.1, -0.05) is 44.2 Å². The van der Waals surface area contributed by atoms with Gasteiger partial charge in [-0.25, -0.2) is 9.97 Å². The number of aromatic nitrogens is 2. The SMILES string of the molecule is CO[C@@H]1C[C@@H]2C[C@H](C1)N2c1nc(-c2c(C)cccc2C)nc2c1CN(c1cc(C(C)C)ccc1C)CC2. The molecular formula is C32H40N4O. The number of nitrogens with zero attached hydrogens (tertiary/aromatic N) is 4. The predicted octanol–water partition coefficient (Wildman–Crippen LogP) is 6.51. The van der Waals surface area contributed by atoms with Crippen molar-refractivity contribution in [3.63, 3.8) is 0 Å². The van der Waals surface area contributed by atoms with Crippen molar-refractivity contribution in [1.82, 2.24) is 9.97 Å². The zero-order chi connectivity index (χ0) is 25.8. The van der Waals surface area contributed by atoms with Crippen molar-refractivity contribution in [1.29, 1.82) is 0 Å². The van der Waals surface area contributed by atoms with Crippen molar-refractivity contribution in [3.8, 4) is 11.4 Å². The number of piperidine rings is 1. The van der Waals surface area contributed by atoms with Crippen LogP contribution in [0.15, 0.2) is 36.4 Å². The molecule has 2 bridgehead atoms. The summed E-state index contributed by atoms with van der Waals surface area (Å²) in [5.41, 5.74) is 10.3. The summed E-state index contributed by atoms with van der Waals surface area (Å²) in [4.78, 5) is 15.8. The van der Waals surface area contributed by atoms with Crippen LogP contribution in [-0.2, 0) is 17.7 Å². The number of benzene rings is 2. The van der Waals surface area contributed by atoms with Gasteiger partial charge in [0.05, 0.1) is 11.8 Å². The molecular weight excluding hydrogens is 456 g/mol. The lowest BCUT2D eigenvalue weighted by molar-refractivity contribution is 0.0241. The molecule has 2 aromatic carbocycles. The monoisotopic (exact) mass is 496 g/mol. The molecule has 3 atom stereocenters. The molecule has 7 rings (SSSR count). The van der Waals surface area contributed by atoms with E-state index in [1.807, 2.05) is 7.11 Å². The van der Waals surface area contributed by atoms with Crippen molar-refractivity contribution < 1.29 is 4.74 Å². The first-order valence-electron chi connectivity index (χ1n) is 14.0. The summed E-state index contributed by atoms with van der Waals surface area (Å²) in [5.74, 6) is 2.58. The van der Waals surface area contributed by atoms with Gasteiger partial charge in [-0.3, -0.25) is 0 Å². The van der Waals surface area contributed by atoms with Crippen LogP contribution in [0.1, 0.15) is 72.5 Å². The van der Waals surface area contributed by atoms with E-state index in [0.717, 1.165) is 38.2 Å². The molecule has 0 unspecified atom stereocenters. The number of ether oxygens (including phenoxy) is 1. The molecule has 0 amide bonds. The average molecular weight is 497 g/mol. The fourth-order valence-corrected chi connectivity index (χ4v) is 6.78. The van der Waals surface area contributed by atoms with Crippen LogP contribution in [0, 0.1) is 20.8 Å². The molecule has 3 fully saturated rings. The van der Waals surface area contributed by atoms with Crippen LogP contribution in [0.2, 0.25) is 0 Å². The Morgan fingerprint density at radius 2 is 1.65 bits per heavy atom. The van der Waals surface area contributed by atoms with Gasteiger partial charge in [0.2, 0.25) is 0 Å². The minimum Gasteiger partial charge on any atom is -0.381 e. The molecule has 4 heterocycles. The first-order chi connectivity index (χ1) is 17.8. The van der Waals surface area contributed by atoms with Crippen LogP contribution in [0.5, 0.6) is 0 Å². The Morgan fingerprint density at radius 1 is 0.919 bits per heavy atom. The maximum Gasteiger partial charge on any atom is 0.162 e. The highest BCUT2D eigenvalue weighted by atomic mass is 16.5. The van der Waals surface area contributed by atoms with Crippen molar-refractivity contribution >= 4 is 11.5 Å². The molecule has 3 aromatic rings. The lowest BCUT2D eigenvalue weighted by Gasteiger charge is -2.56. The fourth-order valence-electron chi connectivity index (χ4n) is 6.78. The average Bonchev–Trinajstić information content (AvgIpc) is 2.88. The standard InChI is InChI=1S/C32H40N4O/c1-19(2)23-11-10-20(3)29(14-23)35-13-12-28-27(18-35)32(36-24-15-25(36)17-26(16-24)37-6)34-31(33-28)30-21(4)8-7-9-22(30)5/h7-11,14,19,24-26H,12-13,15-18H2,1-6H3/t24-,25+,26+. The van der Waals surface area contributed by atoms with Crippen LogP contribution in [0.4, 0.5) is 11.5 Å². The van der Waals surface area contributed by atoms with E-state index in [9.17, 15) is 0 Å². The van der Waals surface area contributed by atoms with E-state index in [1.165, 1.54) is 57.0 Å². The van der Waals surface area contributed by atoms with Gasteiger partial charge in [-0.2, -0.15) is 0 Å². The van der Waals surface area contributed by atoms with Gasteiger partial charge < -0.3 is 14.5 Å². The van der Waals surface area contributed by atoms with Crippen molar-refractivity contribution in [2.75, 3.05) is 23.5 Å². The van der Waals surface area contributed by atoms with Crippen LogP contribution in [-0.4, -0.2) is 41.8 Å². The summed E-state index contributed by atoms with van der Waals surface area (Å²) in [6.45, 7) is 13.0. The van der Waals surface area contributed by atoms with E-state index in [-0.39, 0.29) is 0 Å². The van der Waals surface area contributed by atoms with Crippen LogP contribution in [0.25, 0.3) is 11.4 Å². The Kier molecular flexibility index (Phi) is 6.22. The zero-order valence-electron chi connectivity index (χ0n) is 23.2. The first-order valence-corrected chi connectivity index (χ1v) is 14.0. The Labute approximate surface area is 221 Å². The Morgan fingerprint density at radius 3 is 2.32 bits per heavy atom. The van der Waals surface area contributed by atoms with E-state index in [2.05, 4.69) is 80.8 Å². The van der Waals surface area contributed by atoms with Crippen LogP contribution in [0.3, 0.4) is 0 Å². The second-order valence-electron chi connectivity index (χ2n) is 11.7. The highest BCUT2D eigenvalue weighted by Crippen LogP contribution is 2.45. The molecule has 1 aliphatic carbocycles. The molecule has 0 radical (unpaired) electrons. The minimum absolute atomic E-state index is 0.369.